The van der Waals surface area contributed by atoms with Crippen LogP contribution in [0.2, 0.25) is 0 Å². The fraction of sp³-hybridized carbons (Fsp3) is 0.471. The first kappa shape index (κ1) is 17.1. The molecule has 3 rings (SSSR count). The number of amides is 1. The van der Waals surface area contributed by atoms with E-state index in [0.29, 0.717) is 11.4 Å². The van der Waals surface area contributed by atoms with Gasteiger partial charge >= 0.3 is 0 Å². The number of aromatic nitrogens is 6. The fourth-order valence-electron chi connectivity index (χ4n) is 2.85. The summed E-state index contributed by atoms with van der Waals surface area (Å²) in [4.78, 5) is 17.4. The molecular formula is C17H23N7O. The van der Waals surface area contributed by atoms with Gasteiger partial charge in [-0.25, -0.2) is 9.67 Å². The molecule has 132 valence electrons. The molecule has 8 heteroatoms. The van der Waals surface area contributed by atoms with Crippen molar-refractivity contribution in [2.24, 2.45) is 7.05 Å². The van der Waals surface area contributed by atoms with E-state index < -0.39 is 0 Å². The van der Waals surface area contributed by atoms with Gasteiger partial charge in [0.2, 0.25) is 0 Å². The Balaban J connectivity index is 1.96. The van der Waals surface area contributed by atoms with E-state index in [-0.39, 0.29) is 18.0 Å². The SMILES string of the molecule is CC[C@H](C)n1ncc2c(C(=O)N[C@@H](C)c3nncn3C)cc(C)nc21. The third kappa shape index (κ3) is 3.11. The third-order valence-electron chi connectivity index (χ3n) is 4.43. The molecule has 1 N–H and O–H groups in total. The highest BCUT2D eigenvalue weighted by Crippen LogP contribution is 2.23. The summed E-state index contributed by atoms with van der Waals surface area (Å²) >= 11 is 0. The number of fused-ring (bicyclic) bond motifs is 1. The predicted molar refractivity (Wildman–Crippen MR) is 94.2 cm³/mol. The van der Waals surface area contributed by atoms with Crippen molar-refractivity contribution >= 4 is 16.9 Å². The maximum atomic E-state index is 12.8. The number of carbonyl (C=O) groups excluding carboxylic acids is 1. The zero-order valence-electron chi connectivity index (χ0n) is 15.2. The van der Waals surface area contributed by atoms with Gasteiger partial charge in [-0.15, -0.1) is 10.2 Å². The van der Waals surface area contributed by atoms with Gasteiger partial charge in [0.25, 0.3) is 5.91 Å². The minimum Gasteiger partial charge on any atom is -0.342 e. The van der Waals surface area contributed by atoms with E-state index in [1.807, 2.05) is 25.6 Å². The van der Waals surface area contributed by atoms with E-state index in [4.69, 9.17) is 0 Å². The van der Waals surface area contributed by atoms with Crippen LogP contribution in [0.15, 0.2) is 18.6 Å². The van der Waals surface area contributed by atoms with Gasteiger partial charge in [-0.05, 0) is 33.3 Å². The molecule has 0 bridgehead atoms. The lowest BCUT2D eigenvalue weighted by Crippen LogP contribution is -2.28. The van der Waals surface area contributed by atoms with Crippen LogP contribution in [0.25, 0.3) is 11.0 Å². The van der Waals surface area contributed by atoms with Gasteiger partial charge in [0.15, 0.2) is 11.5 Å². The van der Waals surface area contributed by atoms with E-state index >= 15 is 0 Å². The molecule has 0 radical (unpaired) electrons. The summed E-state index contributed by atoms with van der Waals surface area (Å²) in [7, 11) is 1.85. The minimum absolute atomic E-state index is 0.172. The monoisotopic (exact) mass is 341 g/mol. The van der Waals surface area contributed by atoms with Crippen molar-refractivity contribution in [1.82, 2.24) is 34.8 Å². The summed E-state index contributed by atoms with van der Waals surface area (Å²) in [5.41, 5.74) is 2.10. The van der Waals surface area contributed by atoms with Crippen LogP contribution in [0.5, 0.6) is 0 Å². The van der Waals surface area contributed by atoms with Crippen LogP contribution in [0, 0.1) is 6.92 Å². The minimum atomic E-state index is -0.256. The summed E-state index contributed by atoms with van der Waals surface area (Å²) in [5, 5.41) is 16.1. The Labute approximate surface area is 146 Å². The molecule has 3 aromatic heterocycles. The van der Waals surface area contributed by atoms with Crippen molar-refractivity contribution in [2.75, 3.05) is 0 Å². The van der Waals surface area contributed by atoms with Gasteiger partial charge < -0.3 is 9.88 Å². The quantitative estimate of drug-likeness (QED) is 0.769. The smallest absolute Gasteiger partial charge is 0.252 e. The van der Waals surface area contributed by atoms with Crippen LogP contribution in [0.3, 0.4) is 0 Å². The van der Waals surface area contributed by atoms with Crippen molar-refractivity contribution in [3.05, 3.63) is 35.7 Å². The van der Waals surface area contributed by atoms with Gasteiger partial charge in [-0.1, -0.05) is 6.92 Å². The number of rotatable bonds is 5. The number of aryl methyl sites for hydroxylation is 2. The number of carbonyl (C=O) groups is 1. The topological polar surface area (TPSA) is 90.5 Å². The molecule has 0 aliphatic carbocycles. The standard InChI is InChI=1S/C17H23N7O/c1-6-11(3)24-16-14(8-19-24)13(7-10(2)20-16)17(25)21-12(4)15-22-18-9-23(15)5/h7-9,11-12H,6H2,1-5H3,(H,21,25)/t11-,12-/m0/s1. The van der Waals surface area contributed by atoms with Gasteiger partial charge in [-0.3, -0.25) is 4.79 Å². The lowest BCUT2D eigenvalue weighted by atomic mass is 10.1. The first-order valence-corrected chi connectivity index (χ1v) is 8.42. The number of nitrogens with one attached hydrogen (secondary N) is 1. The van der Waals surface area contributed by atoms with Crippen molar-refractivity contribution in [3.63, 3.8) is 0 Å². The predicted octanol–water partition coefficient (Wildman–Crippen LogP) is 2.33. The van der Waals surface area contributed by atoms with Crippen LogP contribution >= 0.6 is 0 Å². The lowest BCUT2D eigenvalue weighted by Gasteiger charge is -2.14. The van der Waals surface area contributed by atoms with Gasteiger partial charge in [0.05, 0.1) is 29.2 Å². The van der Waals surface area contributed by atoms with Crippen LogP contribution < -0.4 is 5.32 Å². The van der Waals surface area contributed by atoms with Crippen LogP contribution in [-0.2, 0) is 7.05 Å². The Morgan fingerprint density at radius 1 is 1.36 bits per heavy atom. The molecule has 1 amide bonds. The second kappa shape index (κ2) is 6.62. The summed E-state index contributed by atoms with van der Waals surface area (Å²) < 4.78 is 3.67. The molecular weight excluding hydrogens is 318 g/mol. The molecule has 3 heterocycles. The van der Waals surface area contributed by atoms with Gasteiger partial charge in [-0.2, -0.15) is 5.10 Å². The van der Waals surface area contributed by atoms with Gasteiger partial charge in [0, 0.05) is 12.7 Å². The van der Waals surface area contributed by atoms with E-state index in [1.54, 1.807) is 23.2 Å². The highest BCUT2D eigenvalue weighted by Gasteiger charge is 2.20. The molecule has 3 aromatic rings. The molecule has 0 aliphatic rings. The van der Waals surface area contributed by atoms with E-state index in [9.17, 15) is 4.79 Å². The third-order valence-corrected chi connectivity index (χ3v) is 4.43. The summed E-state index contributed by atoms with van der Waals surface area (Å²) in [6.07, 6.45) is 4.27. The second-order valence-electron chi connectivity index (χ2n) is 6.39. The Bertz CT molecular complexity index is 911. The molecule has 0 spiro atoms. The van der Waals surface area contributed by atoms with E-state index in [0.717, 1.165) is 23.1 Å². The average molecular weight is 341 g/mol. The molecule has 2 atom stereocenters. The van der Waals surface area contributed by atoms with Crippen molar-refractivity contribution in [2.45, 2.75) is 46.2 Å². The Kier molecular flexibility index (Phi) is 4.52. The zero-order valence-corrected chi connectivity index (χ0v) is 15.2. The average Bonchev–Trinajstić information content (AvgIpc) is 3.19. The van der Waals surface area contributed by atoms with Crippen molar-refractivity contribution < 1.29 is 4.79 Å². The molecule has 0 saturated heterocycles. The Hall–Kier alpha value is -2.77. The maximum Gasteiger partial charge on any atom is 0.252 e. The fourth-order valence-corrected chi connectivity index (χ4v) is 2.85. The molecule has 8 nitrogen and oxygen atoms in total. The highest BCUT2D eigenvalue weighted by molar-refractivity contribution is 6.05. The molecule has 25 heavy (non-hydrogen) atoms. The molecule has 0 saturated carbocycles. The summed E-state index contributed by atoms with van der Waals surface area (Å²) in [6, 6.07) is 1.76. The van der Waals surface area contributed by atoms with Crippen LogP contribution in [0.1, 0.15) is 61.2 Å². The number of hydrogen-bond donors (Lipinski definition) is 1. The van der Waals surface area contributed by atoms with Crippen LogP contribution in [0.4, 0.5) is 0 Å². The molecule has 0 aliphatic heterocycles. The molecule has 0 aromatic carbocycles. The van der Waals surface area contributed by atoms with Crippen molar-refractivity contribution in [3.8, 4) is 0 Å². The summed E-state index contributed by atoms with van der Waals surface area (Å²) in [6.45, 7) is 7.96. The van der Waals surface area contributed by atoms with Crippen LogP contribution in [-0.4, -0.2) is 35.4 Å². The second-order valence-corrected chi connectivity index (χ2v) is 6.39. The first-order valence-electron chi connectivity index (χ1n) is 8.42. The Morgan fingerprint density at radius 2 is 2.12 bits per heavy atom. The Morgan fingerprint density at radius 3 is 2.76 bits per heavy atom. The number of nitrogens with zero attached hydrogens (tertiary/aromatic N) is 6. The van der Waals surface area contributed by atoms with E-state index in [1.165, 1.54) is 0 Å². The zero-order chi connectivity index (χ0) is 18.1. The number of hydrogen-bond acceptors (Lipinski definition) is 5. The largest absolute Gasteiger partial charge is 0.342 e. The maximum absolute atomic E-state index is 12.8. The lowest BCUT2D eigenvalue weighted by molar-refractivity contribution is 0.0939. The highest BCUT2D eigenvalue weighted by atomic mass is 16.1. The van der Waals surface area contributed by atoms with E-state index in [2.05, 4.69) is 39.4 Å². The number of pyridine rings is 1. The normalized spacial score (nSPS) is 13.8. The van der Waals surface area contributed by atoms with Crippen molar-refractivity contribution in [1.29, 1.82) is 0 Å². The molecule has 0 fully saturated rings. The molecule has 0 unspecified atom stereocenters. The summed E-state index contributed by atoms with van der Waals surface area (Å²) in [5.74, 6) is 0.528. The van der Waals surface area contributed by atoms with Gasteiger partial charge in [0.1, 0.15) is 6.33 Å². The first-order chi connectivity index (χ1) is 11.9.